The third kappa shape index (κ3) is 3.40. The lowest BCUT2D eigenvalue weighted by molar-refractivity contribution is -0.157. The molecular formula is C23H24N2O5. The number of Topliss-reactive ketones (excluding diaryl/α,β-unsaturated/α-hetero) is 1. The number of fused-ring (bicyclic) bond motifs is 2. The molecule has 156 valence electrons. The van der Waals surface area contributed by atoms with Gasteiger partial charge in [0.15, 0.2) is 11.7 Å². The van der Waals surface area contributed by atoms with Crippen LogP contribution in [0.2, 0.25) is 0 Å². The van der Waals surface area contributed by atoms with Gasteiger partial charge in [-0.1, -0.05) is 18.2 Å². The number of carbonyl (C=O) groups excluding carboxylic acids is 3. The second-order valence-electron chi connectivity index (χ2n) is 7.24. The smallest absolute Gasteiger partial charge is 0.326 e. The number of hydrogen-bond donors (Lipinski definition) is 1. The van der Waals surface area contributed by atoms with Crippen LogP contribution in [-0.4, -0.2) is 40.5 Å². The third-order valence-electron chi connectivity index (χ3n) is 5.44. The average molecular weight is 408 g/mol. The van der Waals surface area contributed by atoms with E-state index >= 15 is 0 Å². The van der Waals surface area contributed by atoms with Gasteiger partial charge in [-0.05, 0) is 49.9 Å². The minimum Gasteiger partial charge on any atom is -0.465 e. The lowest BCUT2D eigenvalue weighted by Gasteiger charge is -2.28. The van der Waals surface area contributed by atoms with Crippen LogP contribution in [0.5, 0.6) is 0 Å². The number of hydrogen-bond acceptors (Lipinski definition) is 5. The summed E-state index contributed by atoms with van der Waals surface area (Å²) in [5.41, 5.74) is 2.82. The number of carbonyl (C=O) groups is 3. The molecule has 1 aromatic carbocycles. The number of benzene rings is 1. The van der Waals surface area contributed by atoms with Gasteiger partial charge in [0.25, 0.3) is 0 Å². The number of nitrogens with zero attached hydrogens (tertiary/aromatic N) is 1. The maximum Gasteiger partial charge on any atom is 0.326 e. The number of aromatic amines is 1. The molecule has 30 heavy (non-hydrogen) atoms. The Morgan fingerprint density at radius 2 is 1.80 bits per heavy atom. The highest BCUT2D eigenvalue weighted by Crippen LogP contribution is 2.37. The van der Waals surface area contributed by atoms with Crippen molar-refractivity contribution in [2.75, 3.05) is 13.2 Å². The summed E-state index contributed by atoms with van der Waals surface area (Å²) in [5, 5.41) is 1.06. The molecule has 7 nitrogen and oxygen atoms in total. The quantitative estimate of drug-likeness (QED) is 0.496. The van der Waals surface area contributed by atoms with Crippen LogP contribution in [0, 0.1) is 0 Å². The Bertz CT molecular complexity index is 1060. The second-order valence-corrected chi connectivity index (χ2v) is 7.24. The summed E-state index contributed by atoms with van der Waals surface area (Å²) in [6.45, 7) is 3.66. The molecule has 0 amide bonds. The van der Waals surface area contributed by atoms with Crippen molar-refractivity contribution < 1.29 is 23.9 Å². The van der Waals surface area contributed by atoms with Crippen molar-refractivity contribution in [2.45, 2.75) is 38.6 Å². The number of rotatable bonds is 6. The minimum atomic E-state index is -1.24. The summed E-state index contributed by atoms with van der Waals surface area (Å²) >= 11 is 0. The molecule has 1 unspecified atom stereocenters. The highest BCUT2D eigenvalue weighted by molar-refractivity contribution is 6.02. The van der Waals surface area contributed by atoms with E-state index in [-0.39, 0.29) is 25.0 Å². The van der Waals surface area contributed by atoms with E-state index in [1.165, 1.54) is 0 Å². The molecule has 1 aliphatic heterocycles. The first-order valence-electron chi connectivity index (χ1n) is 10.2. The Morgan fingerprint density at radius 1 is 1.10 bits per heavy atom. The van der Waals surface area contributed by atoms with Crippen LogP contribution in [-0.2, 0) is 19.1 Å². The Morgan fingerprint density at radius 3 is 2.47 bits per heavy atom. The number of ketones is 1. The average Bonchev–Trinajstić information content (AvgIpc) is 3.34. The van der Waals surface area contributed by atoms with Gasteiger partial charge in [-0.25, -0.2) is 0 Å². The zero-order valence-corrected chi connectivity index (χ0v) is 17.0. The van der Waals surface area contributed by atoms with E-state index in [1.54, 1.807) is 30.5 Å². The summed E-state index contributed by atoms with van der Waals surface area (Å²) < 4.78 is 12.1. The molecule has 0 aliphatic carbocycles. The summed E-state index contributed by atoms with van der Waals surface area (Å²) in [5.74, 6) is -2.60. The van der Waals surface area contributed by atoms with Gasteiger partial charge in [0.1, 0.15) is 0 Å². The van der Waals surface area contributed by atoms with Crippen molar-refractivity contribution in [3.8, 4) is 0 Å². The normalized spacial score (nSPS) is 16.0. The van der Waals surface area contributed by atoms with E-state index in [2.05, 4.69) is 4.98 Å². The van der Waals surface area contributed by atoms with E-state index < -0.39 is 17.9 Å². The first-order valence-corrected chi connectivity index (χ1v) is 10.2. The van der Waals surface area contributed by atoms with Gasteiger partial charge in [0.2, 0.25) is 0 Å². The van der Waals surface area contributed by atoms with E-state index in [0.29, 0.717) is 24.2 Å². The summed E-state index contributed by atoms with van der Waals surface area (Å²) in [6.07, 6.45) is 0.964. The molecule has 1 aliphatic rings. The molecule has 0 spiro atoms. The Hall–Kier alpha value is -3.35. The van der Waals surface area contributed by atoms with Crippen molar-refractivity contribution in [1.82, 2.24) is 9.55 Å². The maximum atomic E-state index is 12.7. The largest absolute Gasteiger partial charge is 0.465 e. The molecule has 0 fully saturated rings. The van der Waals surface area contributed by atoms with Crippen molar-refractivity contribution in [3.63, 3.8) is 0 Å². The van der Waals surface area contributed by atoms with Crippen LogP contribution < -0.4 is 0 Å². The molecule has 0 saturated heterocycles. The van der Waals surface area contributed by atoms with Gasteiger partial charge in [-0.15, -0.1) is 0 Å². The van der Waals surface area contributed by atoms with Gasteiger partial charge in [0, 0.05) is 23.3 Å². The first-order chi connectivity index (χ1) is 14.5. The molecule has 0 bridgehead atoms. The minimum absolute atomic E-state index is 0.0138. The van der Waals surface area contributed by atoms with Gasteiger partial charge in [-0.2, -0.15) is 0 Å². The summed E-state index contributed by atoms with van der Waals surface area (Å²) in [4.78, 5) is 41.4. The van der Waals surface area contributed by atoms with Crippen molar-refractivity contribution in [3.05, 3.63) is 59.5 Å². The molecule has 3 aromatic rings. The molecule has 1 atom stereocenters. The predicted octanol–water partition coefficient (Wildman–Crippen LogP) is 3.75. The summed E-state index contributed by atoms with van der Waals surface area (Å²) in [6, 6.07) is 13.1. The van der Waals surface area contributed by atoms with E-state index in [9.17, 15) is 14.4 Å². The number of aromatic nitrogens is 2. The molecule has 0 radical (unpaired) electrons. The molecule has 1 N–H and O–H groups in total. The van der Waals surface area contributed by atoms with E-state index in [1.807, 2.05) is 30.3 Å². The second kappa shape index (κ2) is 8.18. The predicted molar refractivity (Wildman–Crippen MR) is 110 cm³/mol. The Balaban J connectivity index is 1.84. The SMILES string of the molecule is CCOC(=O)C(C(=O)OCC)c1ccc2n1C(c1cc3ccccc3[nH]1)CCC2=O. The molecule has 3 heterocycles. The third-order valence-corrected chi connectivity index (χ3v) is 5.44. The molecule has 7 heteroatoms. The number of ether oxygens (including phenoxy) is 2. The van der Waals surface area contributed by atoms with Crippen LogP contribution in [0.4, 0.5) is 0 Å². The fraction of sp³-hybridized carbons (Fsp3) is 0.348. The number of nitrogens with one attached hydrogen (secondary N) is 1. The van der Waals surface area contributed by atoms with Gasteiger partial charge < -0.3 is 19.0 Å². The van der Waals surface area contributed by atoms with Crippen LogP contribution in [0.25, 0.3) is 10.9 Å². The zero-order valence-electron chi connectivity index (χ0n) is 17.0. The van der Waals surface area contributed by atoms with Crippen molar-refractivity contribution >= 4 is 28.6 Å². The number of H-pyrrole nitrogens is 1. The monoisotopic (exact) mass is 408 g/mol. The first kappa shape index (κ1) is 19.9. The fourth-order valence-corrected chi connectivity index (χ4v) is 4.16. The van der Waals surface area contributed by atoms with Gasteiger partial charge in [0.05, 0.1) is 24.9 Å². The highest BCUT2D eigenvalue weighted by Gasteiger charge is 2.39. The molecular weight excluding hydrogens is 384 g/mol. The number of para-hydroxylation sites is 1. The van der Waals surface area contributed by atoms with Crippen molar-refractivity contribution in [1.29, 1.82) is 0 Å². The standard InChI is InChI=1S/C23H24N2O5/c1-3-29-22(27)21(23(28)30-4-2)19-10-9-18-20(26)12-11-17(25(18)19)16-13-14-7-5-6-8-15(14)24-16/h5-10,13,17,21,24H,3-4,11-12H2,1-2H3. The van der Waals surface area contributed by atoms with Gasteiger partial charge >= 0.3 is 11.9 Å². The molecule has 2 aromatic heterocycles. The zero-order chi connectivity index (χ0) is 21.3. The lowest BCUT2D eigenvalue weighted by Crippen LogP contribution is -2.32. The van der Waals surface area contributed by atoms with Crippen LogP contribution >= 0.6 is 0 Å². The molecule has 4 rings (SSSR count). The van der Waals surface area contributed by atoms with Crippen LogP contribution in [0.1, 0.15) is 60.5 Å². The van der Waals surface area contributed by atoms with Crippen LogP contribution in [0.3, 0.4) is 0 Å². The topological polar surface area (TPSA) is 90.4 Å². The van der Waals surface area contributed by atoms with Gasteiger partial charge in [-0.3, -0.25) is 14.4 Å². The fourth-order valence-electron chi connectivity index (χ4n) is 4.16. The summed E-state index contributed by atoms with van der Waals surface area (Å²) in [7, 11) is 0. The van der Waals surface area contributed by atoms with Crippen LogP contribution in [0.15, 0.2) is 42.5 Å². The Kier molecular flexibility index (Phi) is 5.44. The van der Waals surface area contributed by atoms with E-state index in [0.717, 1.165) is 16.6 Å². The number of esters is 2. The maximum absolute atomic E-state index is 12.7. The Labute approximate surface area is 174 Å². The van der Waals surface area contributed by atoms with E-state index in [4.69, 9.17) is 9.47 Å². The highest BCUT2D eigenvalue weighted by atomic mass is 16.6. The molecule has 0 saturated carbocycles. The lowest BCUT2D eigenvalue weighted by atomic mass is 9.97. The van der Waals surface area contributed by atoms with Crippen molar-refractivity contribution in [2.24, 2.45) is 0 Å².